The molecular weight excluding hydrogens is 203 g/mol. The monoisotopic (exact) mass is 222 g/mol. The first-order valence-electron chi connectivity index (χ1n) is 5.96. The van der Waals surface area contributed by atoms with E-state index in [0.29, 0.717) is 11.7 Å². The molecule has 0 amide bonds. The predicted molar refractivity (Wildman–Crippen MR) is 65.3 cm³/mol. The first-order valence-corrected chi connectivity index (χ1v) is 5.96. The van der Waals surface area contributed by atoms with Gasteiger partial charge in [-0.05, 0) is 37.9 Å². The lowest BCUT2D eigenvalue weighted by Gasteiger charge is -2.21. The highest BCUT2D eigenvalue weighted by atomic mass is 19.1. The lowest BCUT2D eigenvalue weighted by molar-refractivity contribution is 0.554. The van der Waals surface area contributed by atoms with Crippen molar-refractivity contribution in [2.24, 2.45) is 0 Å². The topological polar surface area (TPSA) is 15.3 Å². The Balaban J connectivity index is 1.87. The number of halogens is 1. The van der Waals surface area contributed by atoms with Crippen LogP contribution in [-0.2, 0) is 0 Å². The van der Waals surface area contributed by atoms with Gasteiger partial charge in [0, 0.05) is 19.6 Å². The molecular formula is C13H19FN2. The van der Waals surface area contributed by atoms with Crippen LogP contribution in [0.15, 0.2) is 24.3 Å². The highest BCUT2D eigenvalue weighted by Crippen LogP contribution is 2.18. The van der Waals surface area contributed by atoms with Crippen LogP contribution in [0.3, 0.4) is 0 Å². The second kappa shape index (κ2) is 5.30. The van der Waals surface area contributed by atoms with Crippen molar-refractivity contribution < 1.29 is 4.39 Å². The molecule has 1 aromatic carbocycles. The molecule has 1 fully saturated rings. The zero-order chi connectivity index (χ0) is 11.4. The molecule has 0 aliphatic carbocycles. The zero-order valence-electron chi connectivity index (χ0n) is 9.75. The summed E-state index contributed by atoms with van der Waals surface area (Å²) in [7, 11) is 1.95. The molecule has 2 rings (SSSR count). The molecule has 1 aliphatic rings. The predicted octanol–water partition coefficient (Wildman–Crippen LogP) is 2.40. The molecule has 1 heterocycles. The first-order chi connectivity index (χ1) is 7.77. The molecule has 88 valence electrons. The van der Waals surface area contributed by atoms with Crippen LogP contribution < -0.4 is 10.2 Å². The molecule has 0 aromatic heterocycles. The molecule has 0 spiro atoms. The largest absolute Gasteiger partial charge is 0.372 e. The van der Waals surface area contributed by atoms with Crippen LogP contribution in [0.4, 0.5) is 10.1 Å². The quantitative estimate of drug-likeness (QED) is 0.841. The van der Waals surface area contributed by atoms with E-state index in [4.69, 9.17) is 0 Å². The fourth-order valence-corrected chi connectivity index (χ4v) is 2.23. The number of para-hydroxylation sites is 1. The molecule has 0 saturated carbocycles. The maximum atomic E-state index is 13.5. The Hall–Kier alpha value is -1.09. The Morgan fingerprint density at radius 3 is 2.94 bits per heavy atom. The van der Waals surface area contributed by atoms with Crippen LogP contribution in [-0.4, -0.2) is 26.2 Å². The summed E-state index contributed by atoms with van der Waals surface area (Å²) in [4.78, 5) is 2.00. The van der Waals surface area contributed by atoms with Gasteiger partial charge in [0.05, 0.1) is 5.69 Å². The summed E-state index contributed by atoms with van der Waals surface area (Å²) in [6.45, 7) is 2.03. The van der Waals surface area contributed by atoms with Crippen molar-refractivity contribution in [1.29, 1.82) is 0 Å². The lowest BCUT2D eigenvalue weighted by atomic mass is 10.1. The van der Waals surface area contributed by atoms with Crippen LogP contribution in [0, 0.1) is 5.82 Å². The van der Waals surface area contributed by atoms with Gasteiger partial charge >= 0.3 is 0 Å². The number of nitrogens with one attached hydrogen (secondary N) is 1. The van der Waals surface area contributed by atoms with Crippen LogP contribution in [0.25, 0.3) is 0 Å². The van der Waals surface area contributed by atoms with E-state index in [2.05, 4.69) is 5.32 Å². The van der Waals surface area contributed by atoms with E-state index in [9.17, 15) is 4.39 Å². The molecule has 1 saturated heterocycles. The fourth-order valence-electron chi connectivity index (χ4n) is 2.23. The smallest absolute Gasteiger partial charge is 0.146 e. The van der Waals surface area contributed by atoms with Gasteiger partial charge in [0.15, 0.2) is 0 Å². The molecule has 2 nitrogen and oxygen atoms in total. The van der Waals surface area contributed by atoms with E-state index in [0.717, 1.165) is 19.5 Å². The van der Waals surface area contributed by atoms with Gasteiger partial charge in [0.25, 0.3) is 0 Å². The molecule has 0 radical (unpaired) electrons. The van der Waals surface area contributed by atoms with Gasteiger partial charge in [-0.25, -0.2) is 4.39 Å². The molecule has 1 atom stereocenters. The average molecular weight is 222 g/mol. The Morgan fingerprint density at radius 2 is 2.25 bits per heavy atom. The fraction of sp³-hybridized carbons (Fsp3) is 0.538. The highest BCUT2D eigenvalue weighted by Gasteiger charge is 2.15. The lowest BCUT2D eigenvalue weighted by Crippen LogP contribution is -2.28. The SMILES string of the molecule is CN(CCC1CCCN1)c1ccccc1F. The van der Waals surface area contributed by atoms with Crippen molar-refractivity contribution in [3.63, 3.8) is 0 Å². The van der Waals surface area contributed by atoms with Crippen molar-refractivity contribution in [2.75, 3.05) is 25.0 Å². The van der Waals surface area contributed by atoms with Crippen molar-refractivity contribution in [2.45, 2.75) is 25.3 Å². The Morgan fingerprint density at radius 1 is 1.44 bits per heavy atom. The minimum absolute atomic E-state index is 0.135. The number of hydrogen-bond donors (Lipinski definition) is 1. The van der Waals surface area contributed by atoms with Crippen molar-refractivity contribution >= 4 is 5.69 Å². The molecule has 1 N–H and O–H groups in total. The maximum absolute atomic E-state index is 13.5. The number of anilines is 1. The standard InChI is InChI=1S/C13H19FN2/c1-16(10-8-11-5-4-9-15-11)13-7-3-2-6-12(13)14/h2-3,6-7,11,15H,4-5,8-10H2,1H3. The summed E-state index contributed by atoms with van der Waals surface area (Å²) in [6.07, 6.45) is 3.62. The van der Waals surface area contributed by atoms with Crippen molar-refractivity contribution in [1.82, 2.24) is 5.32 Å². The summed E-state index contributed by atoms with van der Waals surface area (Å²) in [5.74, 6) is -0.135. The molecule has 1 aromatic rings. The van der Waals surface area contributed by atoms with E-state index in [1.54, 1.807) is 6.07 Å². The zero-order valence-corrected chi connectivity index (χ0v) is 9.75. The summed E-state index contributed by atoms with van der Waals surface area (Å²) in [5.41, 5.74) is 0.695. The van der Waals surface area contributed by atoms with Crippen molar-refractivity contribution in [3.05, 3.63) is 30.1 Å². The summed E-state index contributed by atoms with van der Waals surface area (Å²) in [6, 6.07) is 7.57. The van der Waals surface area contributed by atoms with E-state index in [1.807, 2.05) is 24.1 Å². The second-order valence-electron chi connectivity index (χ2n) is 4.45. The molecule has 0 bridgehead atoms. The van der Waals surface area contributed by atoms with E-state index < -0.39 is 0 Å². The maximum Gasteiger partial charge on any atom is 0.146 e. The van der Waals surface area contributed by atoms with Gasteiger partial charge in [0.1, 0.15) is 5.82 Å². The number of hydrogen-bond acceptors (Lipinski definition) is 2. The Bertz CT molecular complexity index is 334. The minimum atomic E-state index is -0.135. The Kier molecular flexibility index (Phi) is 3.78. The highest BCUT2D eigenvalue weighted by molar-refractivity contribution is 5.46. The molecule has 1 unspecified atom stereocenters. The van der Waals surface area contributed by atoms with E-state index in [1.165, 1.54) is 18.9 Å². The van der Waals surface area contributed by atoms with Gasteiger partial charge in [-0.15, -0.1) is 0 Å². The molecule has 16 heavy (non-hydrogen) atoms. The average Bonchev–Trinajstić information content (AvgIpc) is 2.79. The van der Waals surface area contributed by atoms with Gasteiger partial charge in [-0.3, -0.25) is 0 Å². The third-order valence-corrected chi connectivity index (χ3v) is 3.24. The summed E-state index contributed by atoms with van der Waals surface area (Å²) < 4.78 is 13.5. The Labute approximate surface area is 96.5 Å². The third kappa shape index (κ3) is 2.73. The third-order valence-electron chi connectivity index (χ3n) is 3.24. The van der Waals surface area contributed by atoms with Crippen LogP contribution >= 0.6 is 0 Å². The van der Waals surface area contributed by atoms with Gasteiger partial charge in [0.2, 0.25) is 0 Å². The van der Waals surface area contributed by atoms with Crippen molar-refractivity contribution in [3.8, 4) is 0 Å². The van der Waals surface area contributed by atoms with Gasteiger partial charge < -0.3 is 10.2 Å². The minimum Gasteiger partial charge on any atom is -0.372 e. The van der Waals surface area contributed by atoms with Crippen LogP contribution in [0.1, 0.15) is 19.3 Å². The number of rotatable bonds is 4. The van der Waals surface area contributed by atoms with E-state index in [-0.39, 0.29) is 5.82 Å². The van der Waals surface area contributed by atoms with Crippen LogP contribution in [0.2, 0.25) is 0 Å². The first kappa shape index (κ1) is 11.4. The summed E-state index contributed by atoms with van der Waals surface area (Å²) in [5, 5.41) is 3.46. The molecule has 3 heteroatoms. The normalized spacial score (nSPS) is 20.0. The summed E-state index contributed by atoms with van der Waals surface area (Å²) >= 11 is 0. The van der Waals surface area contributed by atoms with Gasteiger partial charge in [-0.1, -0.05) is 12.1 Å². The molecule has 1 aliphatic heterocycles. The van der Waals surface area contributed by atoms with Crippen LogP contribution in [0.5, 0.6) is 0 Å². The number of benzene rings is 1. The van der Waals surface area contributed by atoms with E-state index >= 15 is 0 Å². The number of nitrogens with zero attached hydrogens (tertiary/aromatic N) is 1. The van der Waals surface area contributed by atoms with Gasteiger partial charge in [-0.2, -0.15) is 0 Å². The second-order valence-corrected chi connectivity index (χ2v) is 4.45.